The maximum Gasteiger partial charge on any atom is 0.165 e. The molecule has 0 aliphatic heterocycles. The van der Waals surface area contributed by atoms with Crippen LogP contribution >= 0.6 is 0 Å². The number of ketones is 1. The van der Waals surface area contributed by atoms with E-state index >= 15 is 0 Å². The van der Waals surface area contributed by atoms with Crippen LogP contribution in [0.1, 0.15) is 27.2 Å². The fourth-order valence-electron chi connectivity index (χ4n) is 1.37. The van der Waals surface area contributed by atoms with Gasteiger partial charge in [0.2, 0.25) is 0 Å². The number of Topliss-reactive ketones (excluding diaryl/α,β-unsaturated/α-hetero) is 1. The van der Waals surface area contributed by atoms with Crippen molar-refractivity contribution in [3.63, 3.8) is 0 Å². The highest BCUT2D eigenvalue weighted by Crippen LogP contribution is 2.27. The number of rotatable bonds is 2. The van der Waals surface area contributed by atoms with E-state index < -0.39 is 0 Å². The molecule has 0 saturated carbocycles. The van der Waals surface area contributed by atoms with Gasteiger partial charge in [0.15, 0.2) is 5.78 Å². The maximum absolute atomic E-state index is 11.3. The topological polar surface area (TPSA) is 26.3 Å². The van der Waals surface area contributed by atoms with Gasteiger partial charge in [-0.2, -0.15) is 0 Å². The molecule has 0 amide bonds. The van der Waals surface area contributed by atoms with Crippen molar-refractivity contribution < 1.29 is 9.53 Å². The monoisotopic (exact) mass is 154 g/mol. The Labute approximate surface area is 67.2 Å². The first-order valence-electron chi connectivity index (χ1n) is 4.03. The molecule has 0 heterocycles. The second-order valence-corrected chi connectivity index (χ2v) is 2.95. The second-order valence-electron chi connectivity index (χ2n) is 2.95. The first-order valence-corrected chi connectivity index (χ1v) is 4.03. The molecule has 1 atom stereocenters. The molecule has 2 heteroatoms. The summed E-state index contributed by atoms with van der Waals surface area (Å²) in [7, 11) is 0. The lowest BCUT2D eigenvalue weighted by molar-refractivity contribution is -0.117. The molecule has 2 nitrogen and oxygen atoms in total. The fraction of sp³-hybridized carbons (Fsp3) is 0.667. The molecule has 0 bridgehead atoms. The summed E-state index contributed by atoms with van der Waals surface area (Å²) >= 11 is 0. The molecular weight excluding hydrogens is 140 g/mol. The van der Waals surface area contributed by atoms with Crippen LogP contribution in [0, 0.1) is 5.92 Å². The van der Waals surface area contributed by atoms with Gasteiger partial charge in [-0.1, -0.05) is 6.92 Å². The average Bonchev–Trinajstić information content (AvgIpc) is 2.19. The molecule has 1 aliphatic carbocycles. The van der Waals surface area contributed by atoms with Crippen LogP contribution in [-0.2, 0) is 9.53 Å². The van der Waals surface area contributed by atoms with Gasteiger partial charge in [0.1, 0.15) is 5.76 Å². The molecule has 0 saturated heterocycles. The van der Waals surface area contributed by atoms with Crippen LogP contribution in [0.3, 0.4) is 0 Å². The SMILES string of the molecule is CCOC1=C(C)C(=O)C(C)C1. The molecule has 0 spiro atoms. The Morgan fingerprint density at radius 3 is 2.64 bits per heavy atom. The molecule has 1 rings (SSSR count). The number of carbonyl (C=O) groups excluding carboxylic acids is 1. The summed E-state index contributed by atoms with van der Waals surface area (Å²) < 4.78 is 5.31. The van der Waals surface area contributed by atoms with Crippen molar-refractivity contribution in [2.45, 2.75) is 27.2 Å². The molecule has 0 aromatic rings. The minimum atomic E-state index is 0.136. The van der Waals surface area contributed by atoms with Gasteiger partial charge in [0, 0.05) is 17.9 Å². The van der Waals surface area contributed by atoms with E-state index in [1.165, 1.54) is 0 Å². The normalized spacial score (nSPS) is 24.6. The van der Waals surface area contributed by atoms with Crippen LogP contribution in [0.5, 0.6) is 0 Å². The lowest BCUT2D eigenvalue weighted by Gasteiger charge is -2.03. The average molecular weight is 154 g/mol. The quantitative estimate of drug-likeness (QED) is 0.607. The molecular formula is C9H14O2. The summed E-state index contributed by atoms with van der Waals surface area (Å²) in [6.45, 7) is 6.38. The van der Waals surface area contributed by atoms with E-state index in [0.717, 1.165) is 17.8 Å². The maximum atomic E-state index is 11.3. The van der Waals surface area contributed by atoms with E-state index in [0.29, 0.717) is 6.61 Å². The summed E-state index contributed by atoms with van der Waals surface area (Å²) in [5.74, 6) is 1.27. The summed E-state index contributed by atoms with van der Waals surface area (Å²) in [4.78, 5) is 11.3. The molecule has 0 aromatic heterocycles. The lowest BCUT2D eigenvalue weighted by Crippen LogP contribution is -2.03. The number of carbonyl (C=O) groups is 1. The largest absolute Gasteiger partial charge is 0.498 e. The molecule has 0 N–H and O–H groups in total. The first kappa shape index (κ1) is 8.31. The van der Waals surface area contributed by atoms with Gasteiger partial charge in [-0.15, -0.1) is 0 Å². The zero-order valence-electron chi connectivity index (χ0n) is 7.31. The molecule has 62 valence electrons. The predicted molar refractivity (Wildman–Crippen MR) is 43.1 cm³/mol. The van der Waals surface area contributed by atoms with Gasteiger partial charge >= 0.3 is 0 Å². The van der Waals surface area contributed by atoms with Crippen molar-refractivity contribution in [3.8, 4) is 0 Å². The van der Waals surface area contributed by atoms with Gasteiger partial charge in [-0.3, -0.25) is 4.79 Å². The zero-order chi connectivity index (χ0) is 8.43. The fourth-order valence-corrected chi connectivity index (χ4v) is 1.37. The van der Waals surface area contributed by atoms with Crippen molar-refractivity contribution in [1.29, 1.82) is 0 Å². The lowest BCUT2D eigenvalue weighted by atomic mass is 10.1. The van der Waals surface area contributed by atoms with Crippen LogP contribution in [0.15, 0.2) is 11.3 Å². The molecule has 11 heavy (non-hydrogen) atoms. The van der Waals surface area contributed by atoms with Gasteiger partial charge in [0.25, 0.3) is 0 Å². The van der Waals surface area contributed by atoms with Crippen molar-refractivity contribution in [2.75, 3.05) is 6.61 Å². The second kappa shape index (κ2) is 3.07. The Balaban J connectivity index is 2.72. The molecule has 1 aliphatic rings. The third-order valence-electron chi connectivity index (χ3n) is 2.05. The van der Waals surface area contributed by atoms with E-state index in [1.54, 1.807) is 0 Å². The van der Waals surface area contributed by atoms with E-state index in [9.17, 15) is 4.79 Å². The van der Waals surface area contributed by atoms with Crippen molar-refractivity contribution in [1.82, 2.24) is 0 Å². The summed E-state index contributed by atoms with van der Waals surface area (Å²) in [6, 6.07) is 0. The minimum Gasteiger partial charge on any atom is -0.498 e. The highest BCUT2D eigenvalue weighted by molar-refractivity contribution is 5.99. The van der Waals surface area contributed by atoms with Crippen molar-refractivity contribution >= 4 is 5.78 Å². The van der Waals surface area contributed by atoms with Crippen LogP contribution in [0.2, 0.25) is 0 Å². The van der Waals surface area contributed by atoms with Gasteiger partial charge in [-0.25, -0.2) is 0 Å². The van der Waals surface area contributed by atoms with Crippen molar-refractivity contribution in [3.05, 3.63) is 11.3 Å². The highest BCUT2D eigenvalue weighted by atomic mass is 16.5. The third-order valence-corrected chi connectivity index (χ3v) is 2.05. The Morgan fingerprint density at radius 2 is 2.27 bits per heavy atom. The van der Waals surface area contributed by atoms with Crippen LogP contribution < -0.4 is 0 Å². The van der Waals surface area contributed by atoms with Gasteiger partial charge in [-0.05, 0) is 13.8 Å². The summed E-state index contributed by atoms with van der Waals surface area (Å²) in [6.07, 6.45) is 0.790. The summed E-state index contributed by atoms with van der Waals surface area (Å²) in [5.41, 5.74) is 0.819. The smallest absolute Gasteiger partial charge is 0.165 e. The predicted octanol–water partition coefficient (Wildman–Crippen LogP) is 1.91. The van der Waals surface area contributed by atoms with Crippen LogP contribution in [-0.4, -0.2) is 12.4 Å². The number of hydrogen-bond donors (Lipinski definition) is 0. The Hall–Kier alpha value is -0.790. The Bertz CT molecular complexity index is 204. The zero-order valence-corrected chi connectivity index (χ0v) is 7.31. The standard InChI is InChI=1S/C9H14O2/c1-4-11-8-5-6(2)9(10)7(8)3/h6H,4-5H2,1-3H3. The van der Waals surface area contributed by atoms with E-state index in [2.05, 4.69) is 0 Å². The molecule has 0 fully saturated rings. The first-order chi connectivity index (χ1) is 5.16. The van der Waals surface area contributed by atoms with Gasteiger partial charge < -0.3 is 4.74 Å². The molecule has 1 unspecified atom stereocenters. The minimum absolute atomic E-state index is 0.136. The van der Waals surface area contributed by atoms with E-state index in [-0.39, 0.29) is 11.7 Å². The Morgan fingerprint density at radius 1 is 1.64 bits per heavy atom. The van der Waals surface area contributed by atoms with E-state index in [4.69, 9.17) is 4.74 Å². The number of hydrogen-bond acceptors (Lipinski definition) is 2. The van der Waals surface area contributed by atoms with Crippen molar-refractivity contribution in [2.24, 2.45) is 5.92 Å². The summed E-state index contributed by atoms with van der Waals surface area (Å²) in [5, 5.41) is 0. The molecule has 0 radical (unpaired) electrons. The third kappa shape index (κ3) is 1.44. The Kier molecular flexibility index (Phi) is 2.32. The van der Waals surface area contributed by atoms with Crippen LogP contribution in [0.4, 0.5) is 0 Å². The highest BCUT2D eigenvalue weighted by Gasteiger charge is 2.27. The van der Waals surface area contributed by atoms with Crippen LogP contribution in [0.25, 0.3) is 0 Å². The number of ether oxygens (including phenoxy) is 1. The molecule has 0 aromatic carbocycles. The van der Waals surface area contributed by atoms with E-state index in [1.807, 2.05) is 20.8 Å². The number of allylic oxidation sites excluding steroid dienone is 2. The van der Waals surface area contributed by atoms with Gasteiger partial charge in [0.05, 0.1) is 6.61 Å².